The van der Waals surface area contributed by atoms with E-state index in [0.29, 0.717) is 29.2 Å². The van der Waals surface area contributed by atoms with Crippen molar-refractivity contribution in [2.75, 3.05) is 12.4 Å². The Bertz CT molecular complexity index is 1440. The van der Waals surface area contributed by atoms with Crippen LogP contribution in [0.25, 0.3) is 28.4 Å². The summed E-state index contributed by atoms with van der Waals surface area (Å²) in [6.45, 7) is 10.3. The molecule has 0 spiro atoms. The first-order valence-corrected chi connectivity index (χ1v) is 11.7. The minimum atomic E-state index is 0.280. The van der Waals surface area contributed by atoms with Gasteiger partial charge in [-0.1, -0.05) is 19.9 Å². The number of anilines is 2. The third-order valence-corrected chi connectivity index (χ3v) is 5.50. The van der Waals surface area contributed by atoms with Gasteiger partial charge in [-0.05, 0) is 38.5 Å². The molecule has 0 atom stereocenters. The first-order valence-electron chi connectivity index (χ1n) is 11.7. The van der Waals surface area contributed by atoms with Crippen molar-refractivity contribution in [1.82, 2.24) is 38.9 Å². The fourth-order valence-corrected chi connectivity index (χ4v) is 3.74. The number of nitrogens with one attached hydrogen (secondary N) is 1. The summed E-state index contributed by atoms with van der Waals surface area (Å²) in [6.07, 6.45) is 7.57. The van der Waals surface area contributed by atoms with Crippen LogP contribution in [0.15, 0.2) is 49.1 Å². The zero-order chi connectivity index (χ0) is 25.1. The second-order valence-electron chi connectivity index (χ2n) is 8.07. The Morgan fingerprint density at radius 1 is 1.03 bits per heavy atom. The molecule has 0 unspecified atom stereocenters. The lowest BCUT2D eigenvalue weighted by molar-refractivity contribution is 0.398. The number of ether oxygens (including phenoxy) is 1. The van der Waals surface area contributed by atoms with E-state index in [4.69, 9.17) is 19.9 Å². The van der Waals surface area contributed by atoms with E-state index in [0.717, 1.165) is 22.3 Å². The number of rotatable bonds is 6. The van der Waals surface area contributed by atoms with Gasteiger partial charge in [0.05, 0.1) is 12.8 Å². The summed E-state index contributed by atoms with van der Waals surface area (Å²) < 4.78 is 10.9. The number of hydrogen-bond donors (Lipinski definition) is 1. The molecule has 10 nitrogen and oxygen atoms in total. The van der Waals surface area contributed by atoms with Crippen molar-refractivity contribution in [2.45, 2.75) is 40.7 Å². The SMILES string of the molecule is CC.COc1cccc(Nc2nc(-c3nccn3C)nn3cc(-c4ccn(C(C)C)n4)c(C)c23)n1. The van der Waals surface area contributed by atoms with E-state index in [-0.39, 0.29) is 6.04 Å². The van der Waals surface area contributed by atoms with Crippen LogP contribution < -0.4 is 10.1 Å². The fraction of sp³-hybridized carbons (Fsp3) is 0.320. The Labute approximate surface area is 204 Å². The lowest BCUT2D eigenvalue weighted by Gasteiger charge is -2.10. The van der Waals surface area contributed by atoms with Gasteiger partial charge in [-0.3, -0.25) is 4.68 Å². The highest BCUT2D eigenvalue weighted by atomic mass is 16.5. The molecule has 5 heterocycles. The van der Waals surface area contributed by atoms with E-state index in [2.05, 4.69) is 29.1 Å². The number of hydrogen-bond acceptors (Lipinski definition) is 7. The number of aryl methyl sites for hydroxylation is 2. The maximum atomic E-state index is 5.27. The van der Waals surface area contributed by atoms with E-state index in [9.17, 15) is 0 Å². The van der Waals surface area contributed by atoms with Gasteiger partial charge >= 0.3 is 0 Å². The number of methoxy groups -OCH3 is 1. The Kier molecular flexibility index (Phi) is 6.81. The molecule has 5 rings (SSSR count). The predicted octanol–water partition coefficient (Wildman–Crippen LogP) is 5.06. The average Bonchev–Trinajstić information content (AvgIpc) is 3.59. The van der Waals surface area contributed by atoms with Crippen LogP contribution in [-0.2, 0) is 7.05 Å². The molecule has 35 heavy (non-hydrogen) atoms. The monoisotopic (exact) mass is 473 g/mol. The van der Waals surface area contributed by atoms with Crippen molar-refractivity contribution >= 4 is 17.2 Å². The van der Waals surface area contributed by atoms with E-state index in [1.807, 2.05) is 78.4 Å². The van der Waals surface area contributed by atoms with Crippen molar-refractivity contribution in [3.05, 3.63) is 54.6 Å². The van der Waals surface area contributed by atoms with Crippen molar-refractivity contribution in [3.8, 4) is 28.8 Å². The largest absolute Gasteiger partial charge is 0.481 e. The fourth-order valence-electron chi connectivity index (χ4n) is 3.74. The zero-order valence-corrected chi connectivity index (χ0v) is 21.2. The van der Waals surface area contributed by atoms with E-state index < -0.39 is 0 Å². The number of nitrogens with zero attached hydrogens (tertiary/aromatic N) is 8. The Morgan fingerprint density at radius 3 is 2.49 bits per heavy atom. The highest BCUT2D eigenvalue weighted by molar-refractivity contribution is 5.84. The topological polar surface area (TPSA) is 100.0 Å². The van der Waals surface area contributed by atoms with Gasteiger partial charge in [-0.2, -0.15) is 10.1 Å². The maximum absolute atomic E-state index is 5.27. The molecule has 0 aliphatic heterocycles. The number of pyridine rings is 1. The molecule has 0 bridgehead atoms. The summed E-state index contributed by atoms with van der Waals surface area (Å²) in [4.78, 5) is 13.7. The third-order valence-electron chi connectivity index (χ3n) is 5.50. The lowest BCUT2D eigenvalue weighted by Crippen LogP contribution is -2.07. The van der Waals surface area contributed by atoms with Gasteiger partial charge < -0.3 is 14.6 Å². The van der Waals surface area contributed by atoms with Gasteiger partial charge in [0.2, 0.25) is 11.7 Å². The van der Waals surface area contributed by atoms with Gasteiger partial charge in [0.1, 0.15) is 11.3 Å². The molecule has 1 N–H and O–H groups in total. The molecule has 0 saturated carbocycles. The van der Waals surface area contributed by atoms with Crippen molar-refractivity contribution < 1.29 is 4.74 Å². The Morgan fingerprint density at radius 2 is 1.83 bits per heavy atom. The van der Waals surface area contributed by atoms with Crippen LogP contribution in [-0.4, -0.2) is 46.0 Å². The molecular weight excluding hydrogens is 442 g/mol. The van der Waals surface area contributed by atoms with Crippen molar-refractivity contribution in [3.63, 3.8) is 0 Å². The minimum absolute atomic E-state index is 0.280. The second-order valence-corrected chi connectivity index (χ2v) is 8.07. The van der Waals surface area contributed by atoms with Gasteiger partial charge in [0.15, 0.2) is 11.6 Å². The van der Waals surface area contributed by atoms with Gasteiger partial charge in [0, 0.05) is 49.5 Å². The minimum Gasteiger partial charge on any atom is -0.481 e. The molecule has 5 aromatic rings. The number of aromatic nitrogens is 8. The molecular formula is C25H31N9O. The molecule has 0 fully saturated rings. The highest BCUT2D eigenvalue weighted by Gasteiger charge is 2.20. The lowest BCUT2D eigenvalue weighted by atomic mass is 10.1. The number of fused-ring (bicyclic) bond motifs is 1. The summed E-state index contributed by atoms with van der Waals surface area (Å²) in [7, 11) is 3.51. The third kappa shape index (κ3) is 4.59. The quantitative estimate of drug-likeness (QED) is 0.368. The Balaban J connectivity index is 0.00000141. The molecule has 0 aliphatic carbocycles. The van der Waals surface area contributed by atoms with Crippen molar-refractivity contribution in [2.24, 2.45) is 7.05 Å². The summed E-state index contributed by atoms with van der Waals surface area (Å²) in [5.74, 6) is 2.91. The molecule has 0 saturated heterocycles. The first kappa shape index (κ1) is 23.9. The van der Waals surface area contributed by atoms with Gasteiger partial charge in [-0.25, -0.2) is 14.5 Å². The predicted molar refractivity (Wildman–Crippen MR) is 137 cm³/mol. The van der Waals surface area contributed by atoms with E-state index >= 15 is 0 Å². The maximum Gasteiger partial charge on any atom is 0.218 e. The molecule has 0 amide bonds. The van der Waals surface area contributed by atoms with Crippen LogP contribution in [0, 0.1) is 6.92 Å². The van der Waals surface area contributed by atoms with Crippen LogP contribution in [0.2, 0.25) is 0 Å². The molecule has 0 radical (unpaired) electrons. The zero-order valence-electron chi connectivity index (χ0n) is 21.2. The van der Waals surface area contributed by atoms with Crippen LogP contribution in [0.1, 0.15) is 39.3 Å². The highest BCUT2D eigenvalue weighted by Crippen LogP contribution is 2.32. The summed E-state index contributed by atoms with van der Waals surface area (Å²) in [6, 6.07) is 7.84. The van der Waals surface area contributed by atoms with Crippen LogP contribution in [0.5, 0.6) is 5.88 Å². The average molecular weight is 474 g/mol. The molecule has 182 valence electrons. The Hall–Kier alpha value is -4.21. The molecule has 10 heteroatoms. The van der Waals surface area contributed by atoms with Gasteiger partial charge in [0.25, 0.3) is 0 Å². The standard InChI is InChI=1S/C23H25N9O.C2H6/c1-14(2)31-11-9-17(28-31)16-13-32-20(15(16)3)21(26-18-7-6-8-19(25-18)33-5)27-22(29-32)23-24-10-12-30(23)4;1-2/h6-14H,1-5H3,(H,25,26,27,29);1-2H3. The summed E-state index contributed by atoms with van der Waals surface area (Å²) >= 11 is 0. The van der Waals surface area contributed by atoms with Gasteiger partial charge in [-0.15, -0.1) is 5.10 Å². The van der Waals surface area contributed by atoms with E-state index in [1.54, 1.807) is 19.4 Å². The second kappa shape index (κ2) is 9.96. The summed E-state index contributed by atoms with van der Waals surface area (Å²) in [5.41, 5.74) is 3.73. The molecule has 0 aliphatic rings. The normalized spacial score (nSPS) is 11.0. The van der Waals surface area contributed by atoms with E-state index in [1.165, 1.54) is 0 Å². The molecule has 0 aromatic carbocycles. The van der Waals surface area contributed by atoms with Crippen LogP contribution in [0.3, 0.4) is 0 Å². The smallest absolute Gasteiger partial charge is 0.218 e. The molecule has 5 aromatic heterocycles. The van der Waals surface area contributed by atoms with Crippen LogP contribution in [0.4, 0.5) is 11.6 Å². The number of imidazole rings is 1. The van der Waals surface area contributed by atoms with Crippen molar-refractivity contribution in [1.29, 1.82) is 0 Å². The first-order chi connectivity index (χ1) is 16.9. The summed E-state index contributed by atoms with van der Waals surface area (Å²) in [5, 5.41) is 12.9. The van der Waals surface area contributed by atoms with Crippen LogP contribution >= 0.6 is 0 Å².